The summed E-state index contributed by atoms with van der Waals surface area (Å²) in [5.74, 6) is 1.14. The Morgan fingerprint density at radius 3 is 2.84 bits per heavy atom. The van der Waals surface area contributed by atoms with Gasteiger partial charge < -0.3 is 10.5 Å². The number of rotatable bonds is 5. The van der Waals surface area contributed by atoms with Gasteiger partial charge >= 0.3 is 0 Å². The third-order valence-corrected chi connectivity index (χ3v) is 4.60. The fourth-order valence-electron chi connectivity index (χ4n) is 2.00. The minimum Gasteiger partial charge on any atom is -0.496 e. The Labute approximate surface area is 125 Å². The molecule has 0 spiro atoms. The predicted molar refractivity (Wildman–Crippen MR) is 83.0 cm³/mol. The first-order valence-electron chi connectivity index (χ1n) is 6.08. The van der Waals surface area contributed by atoms with E-state index in [0.29, 0.717) is 6.54 Å². The summed E-state index contributed by atoms with van der Waals surface area (Å²) >= 11 is 5.17. The van der Waals surface area contributed by atoms with Crippen molar-refractivity contribution < 1.29 is 4.74 Å². The van der Waals surface area contributed by atoms with Crippen LogP contribution in [0, 0.1) is 6.92 Å². The van der Waals surface area contributed by atoms with Gasteiger partial charge in [0.15, 0.2) is 0 Å². The molecule has 0 aliphatic rings. The molecular weight excluding hydrogens is 324 g/mol. The van der Waals surface area contributed by atoms with E-state index in [4.69, 9.17) is 10.5 Å². The lowest BCUT2D eigenvalue weighted by Crippen LogP contribution is -2.15. The van der Waals surface area contributed by atoms with Gasteiger partial charge in [-0.1, -0.05) is 15.9 Å². The average Bonchev–Trinajstić information content (AvgIpc) is 2.82. The molecule has 0 amide bonds. The van der Waals surface area contributed by atoms with Crippen LogP contribution < -0.4 is 10.5 Å². The van der Waals surface area contributed by atoms with E-state index >= 15 is 0 Å². The molecule has 19 heavy (non-hydrogen) atoms. The summed E-state index contributed by atoms with van der Waals surface area (Å²) in [6, 6.07) is 6.04. The van der Waals surface area contributed by atoms with Crippen LogP contribution in [-0.4, -0.2) is 18.6 Å². The molecule has 1 atom stereocenters. The second kappa shape index (κ2) is 6.50. The molecular formula is C14H17BrN2OS. The summed E-state index contributed by atoms with van der Waals surface area (Å²) < 4.78 is 6.46. The van der Waals surface area contributed by atoms with Gasteiger partial charge in [0, 0.05) is 28.0 Å². The van der Waals surface area contributed by atoms with Gasteiger partial charge in [0.25, 0.3) is 0 Å². The van der Waals surface area contributed by atoms with Crippen molar-refractivity contribution in [2.45, 2.75) is 19.3 Å². The van der Waals surface area contributed by atoms with Crippen molar-refractivity contribution in [3.8, 4) is 5.75 Å². The first-order valence-corrected chi connectivity index (χ1v) is 7.75. The zero-order chi connectivity index (χ0) is 13.8. The first kappa shape index (κ1) is 14.5. The number of nitrogens with two attached hydrogens (primary N) is 1. The Hall–Kier alpha value is -0.910. The van der Waals surface area contributed by atoms with Gasteiger partial charge in [-0.25, -0.2) is 4.98 Å². The fourth-order valence-corrected chi connectivity index (χ4v) is 3.32. The smallest absolute Gasteiger partial charge is 0.122 e. The lowest BCUT2D eigenvalue weighted by Gasteiger charge is -2.15. The summed E-state index contributed by atoms with van der Waals surface area (Å²) in [5.41, 5.74) is 8.11. The minimum absolute atomic E-state index is 0.238. The maximum atomic E-state index is 5.91. The lowest BCUT2D eigenvalue weighted by molar-refractivity contribution is 0.408. The Balaban J connectivity index is 2.25. The predicted octanol–water partition coefficient (Wildman–Crippen LogP) is 3.51. The molecule has 3 nitrogen and oxygen atoms in total. The van der Waals surface area contributed by atoms with Crippen LogP contribution in [0.4, 0.5) is 0 Å². The molecule has 0 saturated carbocycles. The van der Waals surface area contributed by atoms with Gasteiger partial charge in [-0.3, -0.25) is 0 Å². The quantitative estimate of drug-likeness (QED) is 0.905. The topological polar surface area (TPSA) is 48.1 Å². The summed E-state index contributed by atoms with van der Waals surface area (Å²) in [5, 5.41) is 3.16. The van der Waals surface area contributed by atoms with Crippen LogP contribution in [0.25, 0.3) is 0 Å². The van der Waals surface area contributed by atoms with Gasteiger partial charge in [-0.15, -0.1) is 11.3 Å². The van der Waals surface area contributed by atoms with Crippen LogP contribution in [0.5, 0.6) is 5.75 Å². The largest absolute Gasteiger partial charge is 0.496 e. The van der Waals surface area contributed by atoms with Crippen LogP contribution >= 0.6 is 27.3 Å². The van der Waals surface area contributed by atoms with Crippen molar-refractivity contribution in [1.29, 1.82) is 0 Å². The number of hydrogen-bond acceptors (Lipinski definition) is 4. The molecule has 5 heteroatoms. The number of aromatic nitrogens is 1. The van der Waals surface area contributed by atoms with Crippen molar-refractivity contribution in [3.05, 3.63) is 44.3 Å². The van der Waals surface area contributed by atoms with Crippen molar-refractivity contribution in [3.63, 3.8) is 0 Å². The van der Waals surface area contributed by atoms with Crippen molar-refractivity contribution in [2.24, 2.45) is 5.73 Å². The number of ether oxygens (including phenoxy) is 1. The van der Waals surface area contributed by atoms with E-state index in [1.54, 1.807) is 18.4 Å². The molecule has 1 aromatic heterocycles. The first-order chi connectivity index (χ1) is 9.13. The lowest BCUT2D eigenvalue weighted by atomic mass is 9.99. The maximum absolute atomic E-state index is 5.91. The fraction of sp³-hybridized carbons (Fsp3) is 0.357. The number of halogens is 1. The third kappa shape index (κ3) is 3.55. The number of thiazole rings is 1. The van der Waals surface area contributed by atoms with Gasteiger partial charge in [0.05, 0.1) is 12.1 Å². The standard InChI is InChI=1S/C14H17BrN2OS/c1-9-8-19-14(17-9)11(7-16)5-10-6-12(15)3-4-13(10)18-2/h3-4,6,8,11H,5,7,16H2,1-2H3. The van der Waals surface area contributed by atoms with E-state index in [0.717, 1.165) is 32.9 Å². The zero-order valence-corrected chi connectivity index (χ0v) is 13.4. The SMILES string of the molecule is COc1ccc(Br)cc1CC(CN)c1nc(C)cs1. The third-order valence-electron chi connectivity index (χ3n) is 2.98. The number of aryl methyl sites for hydroxylation is 1. The van der Waals surface area contributed by atoms with Crippen LogP contribution in [0.15, 0.2) is 28.1 Å². The number of nitrogens with zero attached hydrogens (tertiary/aromatic N) is 1. The molecule has 1 heterocycles. The monoisotopic (exact) mass is 340 g/mol. The molecule has 0 aliphatic heterocycles. The van der Waals surface area contributed by atoms with E-state index < -0.39 is 0 Å². The van der Waals surface area contributed by atoms with Gasteiger partial charge in [0.2, 0.25) is 0 Å². The van der Waals surface area contributed by atoms with Crippen molar-refractivity contribution in [2.75, 3.05) is 13.7 Å². The summed E-state index contributed by atoms with van der Waals surface area (Å²) in [4.78, 5) is 4.54. The molecule has 0 saturated heterocycles. The molecule has 2 rings (SSSR count). The Morgan fingerprint density at radius 1 is 1.47 bits per heavy atom. The minimum atomic E-state index is 0.238. The van der Waals surface area contributed by atoms with E-state index in [-0.39, 0.29) is 5.92 Å². The summed E-state index contributed by atoms with van der Waals surface area (Å²) in [6.07, 6.45) is 0.839. The Morgan fingerprint density at radius 2 is 2.26 bits per heavy atom. The highest BCUT2D eigenvalue weighted by molar-refractivity contribution is 9.10. The highest BCUT2D eigenvalue weighted by atomic mass is 79.9. The molecule has 0 bridgehead atoms. The highest BCUT2D eigenvalue weighted by Gasteiger charge is 2.16. The molecule has 0 aliphatic carbocycles. The van der Waals surface area contributed by atoms with Crippen molar-refractivity contribution >= 4 is 27.3 Å². The molecule has 2 aromatic rings. The number of methoxy groups -OCH3 is 1. The number of hydrogen-bond donors (Lipinski definition) is 1. The normalized spacial score (nSPS) is 12.4. The van der Waals surface area contributed by atoms with Gasteiger partial charge in [0.1, 0.15) is 5.75 Å². The van der Waals surface area contributed by atoms with Crippen LogP contribution in [0.2, 0.25) is 0 Å². The van der Waals surface area contributed by atoms with E-state index in [1.165, 1.54) is 0 Å². The van der Waals surface area contributed by atoms with Gasteiger partial charge in [-0.05, 0) is 37.1 Å². The van der Waals surface area contributed by atoms with Crippen molar-refractivity contribution in [1.82, 2.24) is 4.98 Å². The maximum Gasteiger partial charge on any atom is 0.122 e. The summed E-state index contributed by atoms with van der Waals surface area (Å²) in [6.45, 7) is 2.59. The van der Waals surface area contributed by atoms with E-state index in [9.17, 15) is 0 Å². The van der Waals surface area contributed by atoms with E-state index in [1.807, 2.05) is 19.1 Å². The molecule has 1 aromatic carbocycles. The van der Waals surface area contributed by atoms with Crippen LogP contribution in [-0.2, 0) is 6.42 Å². The number of benzene rings is 1. The van der Waals surface area contributed by atoms with Crippen LogP contribution in [0.3, 0.4) is 0 Å². The van der Waals surface area contributed by atoms with Crippen LogP contribution in [0.1, 0.15) is 22.2 Å². The molecule has 1 unspecified atom stereocenters. The van der Waals surface area contributed by atoms with E-state index in [2.05, 4.69) is 32.4 Å². The Kier molecular flexibility index (Phi) is 4.96. The highest BCUT2D eigenvalue weighted by Crippen LogP contribution is 2.29. The second-order valence-corrected chi connectivity index (χ2v) is 6.23. The molecule has 0 fully saturated rings. The average molecular weight is 341 g/mol. The molecule has 2 N–H and O–H groups in total. The second-order valence-electron chi connectivity index (χ2n) is 4.42. The molecule has 0 radical (unpaired) electrons. The van der Waals surface area contributed by atoms with Gasteiger partial charge in [-0.2, -0.15) is 0 Å². The Bertz CT molecular complexity index is 556. The molecule has 102 valence electrons. The summed E-state index contributed by atoms with van der Waals surface area (Å²) in [7, 11) is 1.69. The zero-order valence-electron chi connectivity index (χ0n) is 11.0.